The van der Waals surface area contributed by atoms with Crippen LogP contribution in [-0.4, -0.2) is 44.3 Å². The van der Waals surface area contributed by atoms with Crippen LogP contribution in [0, 0.1) is 5.92 Å². The molecule has 0 N–H and O–H groups in total. The summed E-state index contributed by atoms with van der Waals surface area (Å²) in [6, 6.07) is 7.41. The van der Waals surface area contributed by atoms with Crippen LogP contribution < -0.4 is 0 Å². The maximum Gasteiger partial charge on any atom is 0.471 e. The molecular weight excluding hydrogens is 391 g/mol. The highest BCUT2D eigenvalue weighted by molar-refractivity contribution is 9.10. The van der Waals surface area contributed by atoms with Crippen molar-refractivity contribution in [2.45, 2.75) is 24.8 Å². The molecule has 0 aromatic heterocycles. The molecule has 1 saturated heterocycles. The molecule has 1 aromatic rings. The van der Waals surface area contributed by atoms with Crippen molar-refractivity contribution < 1.29 is 27.4 Å². The van der Waals surface area contributed by atoms with E-state index in [-0.39, 0.29) is 19.0 Å². The average Bonchev–Trinajstić information content (AvgIpc) is 2.57. The third kappa shape index (κ3) is 3.75. The molecule has 0 aliphatic carbocycles. The Morgan fingerprint density at radius 2 is 1.62 bits per heavy atom. The van der Waals surface area contributed by atoms with Crippen LogP contribution in [0.1, 0.15) is 18.4 Å². The maximum atomic E-state index is 12.6. The second-order valence-corrected chi connectivity index (χ2v) is 6.56. The molecule has 1 fully saturated rings. The number of amides is 1. The number of likely N-dealkylation sites (tertiary alicyclic amines) is 1. The number of nitrogens with zero attached hydrogens (tertiary/aromatic N) is 1. The van der Waals surface area contributed by atoms with Crippen molar-refractivity contribution in [2.24, 2.45) is 5.92 Å². The first-order valence-electron chi connectivity index (χ1n) is 7.47. The van der Waals surface area contributed by atoms with E-state index in [1.807, 2.05) is 24.3 Å². The van der Waals surface area contributed by atoms with E-state index in [1.165, 1.54) is 14.2 Å². The molecule has 0 unspecified atom stereocenters. The predicted molar refractivity (Wildman–Crippen MR) is 85.2 cm³/mol. The second kappa shape index (κ2) is 7.41. The summed E-state index contributed by atoms with van der Waals surface area (Å²) < 4.78 is 49.9. The van der Waals surface area contributed by atoms with Gasteiger partial charge in [0.25, 0.3) is 0 Å². The van der Waals surface area contributed by atoms with Gasteiger partial charge in [0.1, 0.15) is 0 Å². The monoisotopic (exact) mass is 409 g/mol. The second-order valence-electron chi connectivity index (χ2n) is 5.65. The number of alkyl halides is 3. The standard InChI is InChI=1S/C16H19BrF3NO3/c1-23-15(24-2,11-3-5-13(17)6-4-11)12-7-9-21(10-8-12)14(22)16(18,19)20/h3-6,12H,7-10H2,1-2H3. The van der Waals surface area contributed by atoms with Crippen LogP contribution in [-0.2, 0) is 20.1 Å². The number of hydrogen-bond donors (Lipinski definition) is 0. The van der Waals surface area contributed by atoms with E-state index in [4.69, 9.17) is 9.47 Å². The highest BCUT2D eigenvalue weighted by Crippen LogP contribution is 2.40. The molecule has 24 heavy (non-hydrogen) atoms. The third-order valence-electron chi connectivity index (χ3n) is 4.42. The summed E-state index contributed by atoms with van der Waals surface area (Å²) in [7, 11) is 3.03. The third-order valence-corrected chi connectivity index (χ3v) is 4.94. The molecule has 0 saturated carbocycles. The molecule has 1 amide bonds. The Bertz CT molecular complexity index is 565. The number of benzene rings is 1. The zero-order valence-electron chi connectivity index (χ0n) is 13.4. The fraction of sp³-hybridized carbons (Fsp3) is 0.562. The number of carbonyl (C=O) groups is 1. The number of piperidine rings is 1. The molecule has 134 valence electrons. The summed E-state index contributed by atoms with van der Waals surface area (Å²) >= 11 is 3.36. The van der Waals surface area contributed by atoms with Gasteiger partial charge in [-0.1, -0.05) is 28.1 Å². The molecule has 1 aliphatic heterocycles. The summed E-state index contributed by atoms with van der Waals surface area (Å²) in [5.74, 6) is -3.00. The van der Waals surface area contributed by atoms with Gasteiger partial charge in [0.15, 0.2) is 5.79 Å². The average molecular weight is 410 g/mol. The minimum atomic E-state index is -4.84. The molecule has 0 bridgehead atoms. The van der Waals surface area contributed by atoms with Gasteiger partial charge in [0.05, 0.1) is 0 Å². The molecule has 2 rings (SSSR count). The molecule has 0 atom stereocenters. The molecular formula is C16H19BrF3NO3. The van der Waals surface area contributed by atoms with E-state index in [0.29, 0.717) is 12.8 Å². The number of carbonyl (C=O) groups excluding carboxylic acids is 1. The lowest BCUT2D eigenvalue weighted by atomic mass is 9.83. The molecule has 1 aromatic carbocycles. The van der Waals surface area contributed by atoms with Crippen LogP contribution in [0.4, 0.5) is 13.2 Å². The number of hydrogen-bond acceptors (Lipinski definition) is 3. The van der Waals surface area contributed by atoms with Gasteiger partial charge >= 0.3 is 12.1 Å². The van der Waals surface area contributed by atoms with E-state index in [1.54, 1.807) is 0 Å². The number of ether oxygens (including phenoxy) is 2. The lowest BCUT2D eigenvalue weighted by Gasteiger charge is -2.43. The molecule has 8 heteroatoms. The maximum absolute atomic E-state index is 12.6. The zero-order chi connectivity index (χ0) is 18.0. The highest BCUT2D eigenvalue weighted by atomic mass is 79.9. The van der Waals surface area contributed by atoms with Crippen LogP contribution in [0.3, 0.4) is 0 Å². The minimum Gasteiger partial charge on any atom is -0.349 e. The summed E-state index contributed by atoms with van der Waals surface area (Å²) in [6.45, 7) is 0.0437. The SMILES string of the molecule is COC(OC)(c1ccc(Br)cc1)C1CCN(C(=O)C(F)(F)F)CC1. The fourth-order valence-electron chi connectivity index (χ4n) is 3.21. The summed E-state index contributed by atoms with van der Waals surface area (Å²) in [4.78, 5) is 12.2. The Hall–Kier alpha value is -1.12. The van der Waals surface area contributed by atoms with Gasteiger partial charge in [-0.05, 0) is 25.0 Å². The molecule has 1 aliphatic rings. The Morgan fingerprint density at radius 3 is 2.04 bits per heavy atom. The first kappa shape index (κ1) is 19.2. The first-order valence-corrected chi connectivity index (χ1v) is 8.26. The van der Waals surface area contributed by atoms with Crippen LogP contribution in [0.2, 0.25) is 0 Å². The van der Waals surface area contributed by atoms with E-state index in [2.05, 4.69) is 15.9 Å². The van der Waals surface area contributed by atoms with E-state index >= 15 is 0 Å². The van der Waals surface area contributed by atoms with Crippen molar-refractivity contribution in [1.29, 1.82) is 0 Å². The highest BCUT2D eigenvalue weighted by Gasteiger charge is 2.47. The zero-order valence-corrected chi connectivity index (χ0v) is 15.0. The van der Waals surface area contributed by atoms with Crippen molar-refractivity contribution >= 4 is 21.8 Å². The van der Waals surface area contributed by atoms with Crippen molar-refractivity contribution in [3.05, 3.63) is 34.3 Å². The number of halogens is 4. The molecule has 4 nitrogen and oxygen atoms in total. The Labute approximate surface area is 147 Å². The van der Waals surface area contributed by atoms with Crippen molar-refractivity contribution in [1.82, 2.24) is 4.90 Å². The van der Waals surface area contributed by atoms with E-state index in [0.717, 1.165) is 14.9 Å². The Morgan fingerprint density at radius 1 is 1.12 bits per heavy atom. The first-order chi connectivity index (χ1) is 11.2. The fourth-order valence-corrected chi connectivity index (χ4v) is 3.48. The quantitative estimate of drug-likeness (QED) is 0.711. The molecule has 0 spiro atoms. The Balaban J connectivity index is 2.17. The van der Waals surface area contributed by atoms with Gasteiger partial charge in [-0.25, -0.2) is 0 Å². The normalized spacial score (nSPS) is 17.2. The van der Waals surface area contributed by atoms with Gasteiger partial charge in [0, 0.05) is 43.3 Å². The molecule has 1 heterocycles. The van der Waals surface area contributed by atoms with Gasteiger partial charge < -0.3 is 14.4 Å². The van der Waals surface area contributed by atoms with Crippen LogP contribution in [0.15, 0.2) is 28.7 Å². The van der Waals surface area contributed by atoms with Crippen molar-refractivity contribution in [2.75, 3.05) is 27.3 Å². The van der Waals surface area contributed by atoms with Gasteiger partial charge in [-0.2, -0.15) is 13.2 Å². The van der Waals surface area contributed by atoms with E-state index in [9.17, 15) is 18.0 Å². The number of methoxy groups -OCH3 is 2. The van der Waals surface area contributed by atoms with Crippen molar-refractivity contribution in [3.8, 4) is 0 Å². The largest absolute Gasteiger partial charge is 0.471 e. The predicted octanol–water partition coefficient (Wildman–Crippen LogP) is 3.70. The summed E-state index contributed by atoms with van der Waals surface area (Å²) in [6.07, 6.45) is -4.11. The van der Waals surface area contributed by atoms with Gasteiger partial charge in [0.2, 0.25) is 0 Å². The van der Waals surface area contributed by atoms with Crippen molar-refractivity contribution in [3.63, 3.8) is 0 Å². The molecule has 0 radical (unpaired) electrons. The minimum absolute atomic E-state index is 0.0218. The van der Waals surface area contributed by atoms with Gasteiger partial charge in [-0.3, -0.25) is 4.79 Å². The van der Waals surface area contributed by atoms with Crippen LogP contribution >= 0.6 is 15.9 Å². The smallest absolute Gasteiger partial charge is 0.349 e. The van der Waals surface area contributed by atoms with Gasteiger partial charge in [-0.15, -0.1) is 0 Å². The van der Waals surface area contributed by atoms with Crippen LogP contribution in [0.5, 0.6) is 0 Å². The van der Waals surface area contributed by atoms with E-state index < -0.39 is 17.9 Å². The number of rotatable bonds is 4. The topological polar surface area (TPSA) is 38.8 Å². The summed E-state index contributed by atoms with van der Waals surface area (Å²) in [5.41, 5.74) is 0.788. The van der Waals surface area contributed by atoms with Crippen LogP contribution in [0.25, 0.3) is 0 Å². The Kier molecular flexibility index (Phi) is 5.93. The summed E-state index contributed by atoms with van der Waals surface area (Å²) in [5, 5.41) is 0. The lowest BCUT2D eigenvalue weighted by molar-refractivity contribution is -0.257. The lowest BCUT2D eigenvalue weighted by Crippen LogP contribution is -2.50.